The zero-order chi connectivity index (χ0) is 16.2. The number of halogens is 1. The first-order valence-electron chi connectivity index (χ1n) is 6.16. The van der Waals surface area contributed by atoms with Gasteiger partial charge in [0.1, 0.15) is 22.5 Å². The number of fused-ring (bicyclic) bond motifs is 2. The second kappa shape index (κ2) is 4.64. The van der Waals surface area contributed by atoms with Gasteiger partial charge in [0.05, 0.1) is 16.0 Å². The van der Waals surface area contributed by atoms with Crippen molar-refractivity contribution in [2.45, 2.75) is 6.92 Å². The minimum absolute atomic E-state index is 0.0568. The zero-order valence-electron chi connectivity index (χ0n) is 11.2. The lowest BCUT2D eigenvalue weighted by atomic mass is 10.0. The normalized spacial score (nSPS) is 11.2. The first-order valence-corrected chi connectivity index (χ1v) is 6.54. The van der Waals surface area contributed by atoms with E-state index >= 15 is 0 Å². The standard InChI is InChI=1S/C15H9ClO6/c1-5-2-8(18)11-13(19)10-7(15(20)21)3-6(17)4-9(10)22-14(11)12(5)16/h2-4,17-18H,1H3,(H,20,21). The van der Waals surface area contributed by atoms with Gasteiger partial charge in [0.25, 0.3) is 0 Å². The Bertz CT molecular complexity index is 1020. The number of carboxylic acid groups (broad SMARTS) is 1. The molecule has 22 heavy (non-hydrogen) atoms. The van der Waals surface area contributed by atoms with Crippen LogP contribution in [-0.4, -0.2) is 21.3 Å². The van der Waals surface area contributed by atoms with Crippen LogP contribution < -0.4 is 5.43 Å². The Balaban J connectivity index is 2.68. The van der Waals surface area contributed by atoms with Crippen LogP contribution in [0.15, 0.2) is 27.4 Å². The van der Waals surface area contributed by atoms with Gasteiger partial charge < -0.3 is 19.7 Å². The van der Waals surface area contributed by atoms with Gasteiger partial charge in [0.15, 0.2) is 5.58 Å². The molecule has 3 aromatic rings. The molecule has 0 amide bonds. The first kappa shape index (κ1) is 14.2. The Labute approximate surface area is 127 Å². The number of aryl methyl sites for hydroxylation is 1. The van der Waals surface area contributed by atoms with E-state index in [1.807, 2.05) is 0 Å². The highest BCUT2D eigenvalue weighted by molar-refractivity contribution is 6.36. The van der Waals surface area contributed by atoms with Crippen LogP contribution in [0, 0.1) is 6.92 Å². The fourth-order valence-corrected chi connectivity index (χ4v) is 2.57. The van der Waals surface area contributed by atoms with E-state index in [9.17, 15) is 24.9 Å². The van der Waals surface area contributed by atoms with Crippen molar-refractivity contribution in [3.05, 3.63) is 44.6 Å². The van der Waals surface area contributed by atoms with Crippen molar-refractivity contribution in [3.63, 3.8) is 0 Å². The van der Waals surface area contributed by atoms with Crippen LogP contribution in [0.4, 0.5) is 0 Å². The summed E-state index contributed by atoms with van der Waals surface area (Å²) in [5.74, 6) is -2.11. The predicted molar refractivity (Wildman–Crippen MR) is 80.0 cm³/mol. The van der Waals surface area contributed by atoms with E-state index in [2.05, 4.69) is 0 Å². The van der Waals surface area contributed by atoms with Crippen LogP contribution in [-0.2, 0) is 0 Å². The van der Waals surface area contributed by atoms with E-state index in [-0.39, 0.29) is 38.5 Å². The van der Waals surface area contributed by atoms with Gasteiger partial charge in [-0.25, -0.2) is 4.79 Å². The average molecular weight is 321 g/mol. The van der Waals surface area contributed by atoms with Crippen molar-refractivity contribution >= 4 is 39.5 Å². The molecule has 7 heteroatoms. The maximum atomic E-state index is 12.6. The average Bonchev–Trinajstić information content (AvgIpc) is 2.43. The molecule has 3 N–H and O–H groups in total. The molecule has 1 heterocycles. The van der Waals surface area contributed by atoms with E-state index in [0.29, 0.717) is 5.56 Å². The van der Waals surface area contributed by atoms with Crippen LogP contribution >= 0.6 is 11.6 Å². The molecular weight excluding hydrogens is 312 g/mol. The lowest BCUT2D eigenvalue weighted by molar-refractivity contribution is 0.0698. The molecule has 0 saturated heterocycles. The fraction of sp³-hybridized carbons (Fsp3) is 0.0667. The minimum atomic E-state index is -1.40. The largest absolute Gasteiger partial charge is 0.508 e. The molecule has 0 saturated carbocycles. The van der Waals surface area contributed by atoms with E-state index < -0.39 is 17.0 Å². The molecule has 112 valence electrons. The highest BCUT2D eigenvalue weighted by Gasteiger charge is 2.21. The molecule has 6 nitrogen and oxygen atoms in total. The summed E-state index contributed by atoms with van der Waals surface area (Å²) in [5.41, 5.74) is -0.831. The van der Waals surface area contributed by atoms with Crippen LogP contribution in [0.1, 0.15) is 15.9 Å². The molecular formula is C15H9ClO6. The number of carbonyl (C=O) groups is 1. The molecule has 1 aromatic heterocycles. The number of benzene rings is 2. The molecule has 2 aromatic carbocycles. The van der Waals surface area contributed by atoms with Crippen LogP contribution in [0.5, 0.6) is 11.5 Å². The van der Waals surface area contributed by atoms with Crippen molar-refractivity contribution in [1.29, 1.82) is 0 Å². The van der Waals surface area contributed by atoms with E-state index in [1.54, 1.807) is 6.92 Å². The van der Waals surface area contributed by atoms with Gasteiger partial charge in [-0.15, -0.1) is 0 Å². The number of carboxylic acids is 1. The third kappa shape index (κ3) is 1.88. The minimum Gasteiger partial charge on any atom is -0.508 e. The lowest BCUT2D eigenvalue weighted by Gasteiger charge is -2.09. The highest BCUT2D eigenvalue weighted by atomic mass is 35.5. The van der Waals surface area contributed by atoms with Gasteiger partial charge in [0.2, 0.25) is 5.43 Å². The van der Waals surface area contributed by atoms with Gasteiger partial charge in [-0.05, 0) is 24.6 Å². The Morgan fingerprint density at radius 2 is 1.86 bits per heavy atom. The number of hydrogen-bond acceptors (Lipinski definition) is 5. The monoisotopic (exact) mass is 320 g/mol. The quantitative estimate of drug-likeness (QED) is 0.595. The fourth-order valence-electron chi connectivity index (χ4n) is 2.38. The third-order valence-corrected chi connectivity index (χ3v) is 3.84. The summed E-state index contributed by atoms with van der Waals surface area (Å²) in [6.45, 7) is 1.62. The summed E-state index contributed by atoms with van der Waals surface area (Å²) in [6, 6.07) is 3.37. The molecule has 0 spiro atoms. The maximum absolute atomic E-state index is 12.6. The van der Waals surface area contributed by atoms with Crippen LogP contribution in [0.2, 0.25) is 5.02 Å². The van der Waals surface area contributed by atoms with E-state index in [4.69, 9.17) is 16.0 Å². The van der Waals surface area contributed by atoms with Crippen LogP contribution in [0.3, 0.4) is 0 Å². The molecule has 0 fully saturated rings. The van der Waals surface area contributed by atoms with E-state index in [0.717, 1.165) is 12.1 Å². The third-order valence-electron chi connectivity index (χ3n) is 3.37. The number of phenolic OH excluding ortho intramolecular Hbond substituents is 2. The molecule has 0 unspecified atom stereocenters. The Kier molecular flexibility index (Phi) is 3.00. The first-order chi connectivity index (χ1) is 10.3. The molecule has 0 atom stereocenters. The molecule has 0 aliphatic carbocycles. The van der Waals surface area contributed by atoms with Crippen molar-refractivity contribution in [3.8, 4) is 11.5 Å². The molecule has 0 bridgehead atoms. The number of hydrogen-bond donors (Lipinski definition) is 3. The Morgan fingerprint density at radius 3 is 2.50 bits per heavy atom. The van der Waals surface area contributed by atoms with Crippen molar-refractivity contribution in [2.24, 2.45) is 0 Å². The van der Waals surface area contributed by atoms with Gasteiger partial charge in [-0.3, -0.25) is 4.79 Å². The second-order valence-electron chi connectivity index (χ2n) is 4.83. The Hall–Kier alpha value is -2.73. The number of aromatic hydroxyl groups is 2. The molecule has 0 aliphatic rings. The smallest absolute Gasteiger partial charge is 0.336 e. The van der Waals surface area contributed by atoms with Crippen molar-refractivity contribution in [2.75, 3.05) is 0 Å². The summed E-state index contributed by atoms with van der Waals surface area (Å²) in [5, 5.41) is 28.5. The molecule has 0 aliphatic heterocycles. The van der Waals surface area contributed by atoms with Gasteiger partial charge in [0, 0.05) is 6.07 Å². The lowest BCUT2D eigenvalue weighted by Crippen LogP contribution is -2.09. The zero-order valence-corrected chi connectivity index (χ0v) is 11.9. The summed E-state index contributed by atoms with van der Waals surface area (Å²) in [7, 11) is 0. The summed E-state index contributed by atoms with van der Waals surface area (Å²) in [6.07, 6.45) is 0. The topological polar surface area (TPSA) is 108 Å². The van der Waals surface area contributed by atoms with Gasteiger partial charge in [-0.1, -0.05) is 11.6 Å². The number of rotatable bonds is 1. The maximum Gasteiger partial charge on any atom is 0.336 e. The molecule has 3 rings (SSSR count). The second-order valence-corrected chi connectivity index (χ2v) is 5.21. The van der Waals surface area contributed by atoms with E-state index in [1.165, 1.54) is 6.07 Å². The SMILES string of the molecule is Cc1cc(O)c2c(=O)c3c(C(=O)O)cc(O)cc3oc2c1Cl. The summed E-state index contributed by atoms with van der Waals surface area (Å²) < 4.78 is 5.48. The van der Waals surface area contributed by atoms with Crippen molar-refractivity contribution < 1.29 is 24.5 Å². The number of phenols is 2. The van der Waals surface area contributed by atoms with Crippen LogP contribution in [0.25, 0.3) is 21.9 Å². The van der Waals surface area contributed by atoms with Crippen molar-refractivity contribution in [1.82, 2.24) is 0 Å². The van der Waals surface area contributed by atoms with Gasteiger partial charge in [-0.2, -0.15) is 0 Å². The summed E-state index contributed by atoms with van der Waals surface area (Å²) >= 11 is 6.09. The predicted octanol–water partition coefficient (Wildman–Crippen LogP) is 3.02. The number of aromatic carboxylic acids is 1. The highest BCUT2D eigenvalue weighted by Crippen LogP contribution is 2.35. The summed E-state index contributed by atoms with van der Waals surface area (Å²) in [4.78, 5) is 23.9. The van der Waals surface area contributed by atoms with Gasteiger partial charge >= 0.3 is 5.97 Å². The molecule has 0 radical (unpaired) electrons. The Morgan fingerprint density at radius 1 is 1.18 bits per heavy atom.